The van der Waals surface area contributed by atoms with Gasteiger partial charge in [-0.15, -0.1) is 0 Å². The summed E-state index contributed by atoms with van der Waals surface area (Å²) in [5.41, 5.74) is 3.48. The zero-order valence-corrected chi connectivity index (χ0v) is 14.4. The fraction of sp³-hybridized carbons (Fsp3) is 0.421. The van der Waals surface area contributed by atoms with E-state index in [0.29, 0.717) is 5.89 Å². The number of pyridine rings is 1. The average molecular weight is 322 g/mol. The van der Waals surface area contributed by atoms with E-state index in [-0.39, 0.29) is 12.0 Å². The first-order chi connectivity index (χ1) is 11.6. The van der Waals surface area contributed by atoms with Crippen molar-refractivity contribution in [2.75, 3.05) is 11.4 Å². The van der Waals surface area contributed by atoms with Gasteiger partial charge in [0, 0.05) is 29.7 Å². The third-order valence-electron chi connectivity index (χ3n) is 4.69. The van der Waals surface area contributed by atoms with Gasteiger partial charge in [0.15, 0.2) is 5.82 Å². The van der Waals surface area contributed by atoms with Gasteiger partial charge in [-0.25, -0.2) is 0 Å². The lowest BCUT2D eigenvalue weighted by Gasteiger charge is -2.25. The fourth-order valence-corrected chi connectivity index (χ4v) is 3.44. The van der Waals surface area contributed by atoms with Crippen LogP contribution in [0.4, 0.5) is 5.69 Å². The number of fused-ring (bicyclic) bond motifs is 1. The van der Waals surface area contributed by atoms with E-state index in [1.54, 1.807) is 0 Å². The van der Waals surface area contributed by atoms with Crippen molar-refractivity contribution in [1.29, 1.82) is 0 Å². The quantitative estimate of drug-likeness (QED) is 0.716. The van der Waals surface area contributed by atoms with Crippen LogP contribution in [0.5, 0.6) is 0 Å². The second kappa shape index (κ2) is 5.89. The molecule has 4 rings (SSSR count). The van der Waals surface area contributed by atoms with E-state index < -0.39 is 0 Å². The minimum atomic E-state index is 0.173. The highest BCUT2D eigenvalue weighted by Crippen LogP contribution is 2.38. The summed E-state index contributed by atoms with van der Waals surface area (Å²) in [7, 11) is 0. The second-order valence-corrected chi connectivity index (χ2v) is 6.85. The summed E-state index contributed by atoms with van der Waals surface area (Å²) in [5, 5.41) is 5.44. The molecule has 2 aromatic heterocycles. The Morgan fingerprint density at radius 3 is 2.92 bits per heavy atom. The van der Waals surface area contributed by atoms with Crippen molar-refractivity contribution < 1.29 is 4.52 Å². The van der Waals surface area contributed by atoms with E-state index in [1.807, 2.05) is 6.20 Å². The number of nitrogens with zero attached hydrogens (tertiary/aromatic N) is 4. The molecule has 1 atom stereocenters. The number of aromatic nitrogens is 3. The largest absolute Gasteiger partial charge is 0.361 e. The lowest BCUT2D eigenvalue weighted by molar-refractivity contribution is 0.358. The van der Waals surface area contributed by atoms with E-state index in [4.69, 9.17) is 4.52 Å². The van der Waals surface area contributed by atoms with Gasteiger partial charge in [0.05, 0.1) is 11.6 Å². The summed E-state index contributed by atoms with van der Waals surface area (Å²) in [5.74, 6) is 1.77. The molecule has 0 bridgehead atoms. The van der Waals surface area contributed by atoms with Crippen LogP contribution in [0.15, 0.2) is 35.0 Å². The maximum atomic E-state index is 5.43. The summed E-state index contributed by atoms with van der Waals surface area (Å²) in [6.45, 7) is 7.26. The molecule has 0 spiro atoms. The standard InChI is InChI=1S/C19H22N4O/c1-12(2)19-21-18(22-24-19)17-5-4-10-23(17)16-8-9-20-15-7-6-13(3)11-14(15)16/h6-9,11-12,17H,4-5,10H2,1-3H3. The van der Waals surface area contributed by atoms with Crippen LogP contribution in [0.3, 0.4) is 0 Å². The van der Waals surface area contributed by atoms with Crippen LogP contribution in [0.2, 0.25) is 0 Å². The summed E-state index contributed by atoms with van der Waals surface area (Å²) in [4.78, 5) is 11.5. The number of rotatable bonds is 3. The number of hydrogen-bond acceptors (Lipinski definition) is 5. The Balaban J connectivity index is 1.76. The summed E-state index contributed by atoms with van der Waals surface area (Å²) in [6.07, 6.45) is 4.07. The van der Waals surface area contributed by atoms with E-state index in [1.165, 1.54) is 16.6 Å². The monoisotopic (exact) mass is 322 g/mol. The first kappa shape index (κ1) is 15.1. The van der Waals surface area contributed by atoms with Crippen LogP contribution in [-0.4, -0.2) is 21.7 Å². The number of anilines is 1. The second-order valence-electron chi connectivity index (χ2n) is 6.85. The Kier molecular flexibility index (Phi) is 3.71. The molecule has 3 heterocycles. The normalized spacial score (nSPS) is 18.0. The van der Waals surface area contributed by atoms with Gasteiger partial charge in [-0.3, -0.25) is 4.98 Å². The molecule has 0 radical (unpaired) electrons. The summed E-state index contributed by atoms with van der Waals surface area (Å²) < 4.78 is 5.43. The summed E-state index contributed by atoms with van der Waals surface area (Å²) in [6, 6.07) is 8.68. The molecule has 0 saturated carbocycles. The predicted molar refractivity (Wildman–Crippen MR) is 94.2 cm³/mol. The highest BCUT2D eigenvalue weighted by atomic mass is 16.5. The van der Waals surface area contributed by atoms with Crippen molar-refractivity contribution in [3.8, 4) is 0 Å². The van der Waals surface area contributed by atoms with Gasteiger partial charge in [0.1, 0.15) is 0 Å². The molecule has 0 amide bonds. The minimum Gasteiger partial charge on any atom is -0.361 e. The highest BCUT2D eigenvalue weighted by molar-refractivity contribution is 5.92. The molecule has 0 N–H and O–H groups in total. The van der Waals surface area contributed by atoms with Gasteiger partial charge in [-0.05, 0) is 38.0 Å². The van der Waals surface area contributed by atoms with Crippen molar-refractivity contribution in [1.82, 2.24) is 15.1 Å². The van der Waals surface area contributed by atoms with Gasteiger partial charge >= 0.3 is 0 Å². The molecule has 24 heavy (non-hydrogen) atoms. The molecule has 1 saturated heterocycles. The number of benzene rings is 1. The van der Waals surface area contributed by atoms with Crippen LogP contribution < -0.4 is 4.90 Å². The van der Waals surface area contributed by atoms with Crippen LogP contribution in [0, 0.1) is 6.92 Å². The zero-order chi connectivity index (χ0) is 16.7. The van der Waals surface area contributed by atoms with Crippen molar-refractivity contribution in [3.63, 3.8) is 0 Å². The average Bonchev–Trinajstić information content (AvgIpc) is 3.23. The Morgan fingerprint density at radius 1 is 1.25 bits per heavy atom. The molecule has 1 aliphatic heterocycles. The van der Waals surface area contributed by atoms with Crippen LogP contribution in [-0.2, 0) is 0 Å². The Bertz CT molecular complexity index is 871. The van der Waals surface area contributed by atoms with E-state index in [2.05, 4.69) is 65.1 Å². The first-order valence-electron chi connectivity index (χ1n) is 8.59. The maximum Gasteiger partial charge on any atom is 0.229 e. The van der Waals surface area contributed by atoms with Crippen molar-refractivity contribution in [2.24, 2.45) is 0 Å². The first-order valence-corrected chi connectivity index (χ1v) is 8.59. The lowest BCUT2D eigenvalue weighted by Crippen LogP contribution is -2.23. The molecule has 1 fully saturated rings. The molecule has 124 valence electrons. The van der Waals surface area contributed by atoms with E-state index in [0.717, 1.165) is 30.7 Å². The molecule has 5 nitrogen and oxygen atoms in total. The molecular weight excluding hydrogens is 300 g/mol. The lowest BCUT2D eigenvalue weighted by atomic mass is 10.1. The van der Waals surface area contributed by atoms with Gasteiger partial charge in [-0.1, -0.05) is 30.6 Å². The molecule has 1 aliphatic rings. The Morgan fingerprint density at radius 2 is 2.12 bits per heavy atom. The fourth-order valence-electron chi connectivity index (χ4n) is 3.44. The maximum absolute atomic E-state index is 5.43. The zero-order valence-electron chi connectivity index (χ0n) is 14.4. The Hall–Kier alpha value is -2.43. The molecule has 1 aromatic carbocycles. The van der Waals surface area contributed by atoms with Gasteiger partial charge in [-0.2, -0.15) is 4.98 Å². The molecule has 3 aromatic rings. The smallest absolute Gasteiger partial charge is 0.229 e. The van der Waals surface area contributed by atoms with E-state index >= 15 is 0 Å². The molecular formula is C19H22N4O. The molecule has 5 heteroatoms. The van der Waals surface area contributed by atoms with E-state index in [9.17, 15) is 0 Å². The summed E-state index contributed by atoms with van der Waals surface area (Å²) >= 11 is 0. The van der Waals surface area contributed by atoms with Gasteiger partial charge < -0.3 is 9.42 Å². The Labute approximate surface area is 141 Å². The van der Waals surface area contributed by atoms with Crippen molar-refractivity contribution in [3.05, 3.63) is 47.7 Å². The van der Waals surface area contributed by atoms with Crippen molar-refractivity contribution >= 4 is 16.6 Å². The van der Waals surface area contributed by atoms with Crippen LogP contribution in [0.25, 0.3) is 10.9 Å². The SMILES string of the molecule is Cc1ccc2nccc(N3CCCC3c3noc(C(C)C)n3)c2c1. The van der Waals surface area contributed by atoms with Crippen LogP contribution >= 0.6 is 0 Å². The molecule has 1 unspecified atom stereocenters. The van der Waals surface area contributed by atoms with Gasteiger partial charge in [0.25, 0.3) is 0 Å². The van der Waals surface area contributed by atoms with Crippen molar-refractivity contribution in [2.45, 2.75) is 45.6 Å². The van der Waals surface area contributed by atoms with Gasteiger partial charge in [0.2, 0.25) is 5.89 Å². The topological polar surface area (TPSA) is 55.1 Å². The van der Waals surface area contributed by atoms with Crippen LogP contribution in [0.1, 0.15) is 55.9 Å². The third kappa shape index (κ3) is 2.54. The number of hydrogen-bond donors (Lipinski definition) is 0. The number of aryl methyl sites for hydroxylation is 1. The minimum absolute atomic E-state index is 0.173. The highest BCUT2D eigenvalue weighted by Gasteiger charge is 2.31. The predicted octanol–water partition coefficient (Wildman–Crippen LogP) is 4.39. The third-order valence-corrected chi connectivity index (χ3v) is 4.69. The molecule has 0 aliphatic carbocycles.